The summed E-state index contributed by atoms with van der Waals surface area (Å²) in [6.07, 6.45) is 3.45. The largest absolute Gasteiger partial charge is 0.468 e. The van der Waals surface area contributed by atoms with E-state index in [0.717, 1.165) is 45.6 Å². The second kappa shape index (κ2) is 7.07. The SMILES string of the molecule is CCC(C)N1CCN(CC(NC)(C(=O)OC)C2CC2)CC1. The Bertz CT molecular complexity index is 351. The summed E-state index contributed by atoms with van der Waals surface area (Å²) in [7, 11) is 3.39. The molecule has 0 aromatic rings. The standard InChI is InChI=1S/C16H31N3O2/c1-5-13(2)19-10-8-18(9-11-19)12-16(17-3,14-6-7-14)15(20)21-4/h13-14,17H,5-12H2,1-4H3. The van der Waals surface area contributed by atoms with Crippen molar-refractivity contribution in [2.24, 2.45) is 5.92 Å². The Balaban J connectivity index is 1.95. The maximum atomic E-state index is 12.3. The summed E-state index contributed by atoms with van der Waals surface area (Å²) < 4.78 is 5.09. The van der Waals surface area contributed by atoms with Gasteiger partial charge in [0, 0.05) is 38.8 Å². The van der Waals surface area contributed by atoms with Gasteiger partial charge in [-0.3, -0.25) is 9.80 Å². The lowest BCUT2D eigenvalue weighted by molar-refractivity contribution is -0.150. The van der Waals surface area contributed by atoms with Crippen LogP contribution >= 0.6 is 0 Å². The molecule has 1 aliphatic heterocycles. The fourth-order valence-electron chi connectivity index (χ4n) is 3.48. The van der Waals surface area contributed by atoms with Crippen LogP contribution in [-0.4, -0.2) is 74.2 Å². The molecule has 1 aliphatic carbocycles. The molecule has 1 heterocycles. The van der Waals surface area contributed by atoms with Crippen LogP contribution in [0.3, 0.4) is 0 Å². The molecule has 21 heavy (non-hydrogen) atoms. The number of esters is 1. The maximum Gasteiger partial charge on any atom is 0.327 e. The topological polar surface area (TPSA) is 44.8 Å². The monoisotopic (exact) mass is 297 g/mol. The molecule has 2 fully saturated rings. The average Bonchev–Trinajstić information content (AvgIpc) is 3.37. The number of carbonyl (C=O) groups is 1. The first-order valence-electron chi connectivity index (χ1n) is 8.31. The molecule has 122 valence electrons. The highest BCUT2D eigenvalue weighted by Gasteiger charge is 2.51. The summed E-state index contributed by atoms with van der Waals surface area (Å²) in [6.45, 7) is 9.59. The van der Waals surface area contributed by atoms with Gasteiger partial charge in [-0.15, -0.1) is 0 Å². The van der Waals surface area contributed by atoms with E-state index < -0.39 is 5.54 Å². The number of hydrogen-bond acceptors (Lipinski definition) is 5. The summed E-state index contributed by atoms with van der Waals surface area (Å²) >= 11 is 0. The minimum atomic E-state index is -0.507. The Morgan fingerprint density at radius 3 is 2.38 bits per heavy atom. The van der Waals surface area contributed by atoms with Gasteiger partial charge in [0.15, 0.2) is 0 Å². The van der Waals surface area contributed by atoms with E-state index in [2.05, 4.69) is 29.0 Å². The van der Waals surface area contributed by atoms with Crippen molar-refractivity contribution in [3.63, 3.8) is 0 Å². The lowest BCUT2D eigenvalue weighted by Crippen LogP contribution is -2.62. The second-order valence-corrected chi connectivity index (χ2v) is 6.56. The highest BCUT2D eigenvalue weighted by molar-refractivity contribution is 5.82. The van der Waals surface area contributed by atoms with E-state index in [1.807, 2.05) is 7.05 Å². The fourth-order valence-corrected chi connectivity index (χ4v) is 3.48. The molecule has 2 rings (SSSR count). The molecule has 2 unspecified atom stereocenters. The number of rotatable bonds is 7. The minimum Gasteiger partial charge on any atom is -0.468 e. The van der Waals surface area contributed by atoms with E-state index in [-0.39, 0.29) is 5.97 Å². The van der Waals surface area contributed by atoms with E-state index >= 15 is 0 Å². The van der Waals surface area contributed by atoms with Gasteiger partial charge in [-0.25, -0.2) is 4.79 Å². The number of ether oxygens (including phenoxy) is 1. The van der Waals surface area contributed by atoms with E-state index in [1.165, 1.54) is 13.5 Å². The Hall–Kier alpha value is -0.650. The first-order valence-corrected chi connectivity index (χ1v) is 8.31. The zero-order valence-electron chi connectivity index (χ0n) is 14.0. The van der Waals surface area contributed by atoms with Gasteiger partial charge in [-0.05, 0) is 39.2 Å². The zero-order chi connectivity index (χ0) is 15.5. The van der Waals surface area contributed by atoms with E-state index in [1.54, 1.807) is 0 Å². The summed E-state index contributed by atoms with van der Waals surface area (Å²) in [4.78, 5) is 17.3. The molecule has 0 bridgehead atoms. The first-order chi connectivity index (χ1) is 10.1. The Labute approximate surface area is 129 Å². The molecule has 0 amide bonds. The zero-order valence-corrected chi connectivity index (χ0v) is 14.0. The van der Waals surface area contributed by atoms with Crippen LogP contribution < -0.4 is 5.32 Å². The minimum absolute atomic E-state index is 0.100. The molecule has 0 spiro atoms. The number of piperazine rings is 1. The molecule has 2 atom stereocenters. The van der Waals surface area contributed by atoms with Gasteiger partial charge >= 0.3 is 5.97 Å². The van der Waals surface area contributed by atoms with Crippen molar-refractivity contribution < 1.29 is 9.53 Å². The van der Waals surface area contributed by atoms with Crippen molar-refractivity contribution in [2.45, 2.75) is 44.7 Å². The predicted molar refractivity (Wildman–Crippen MR) is 84.3 cm³/mol. The Morgan fingerprint density at radius 1 is 1.33 bits per heavy atom. The highest BCUT2D eigenvalue weighted by atomic mass is 16.5. The summed E-state index contributed by atoms with van der Waals surface area (Å²) in [5, 5.41) is 3.29. The lowest BCUT2D eigenvalue weighted by atomic mass is 9.92. The summed E-state index contributed by atoms with van der Waals surface area (Å²) in [6, 6.07) is 0.658. The van der Waals surface area contributed by atoms with Crippen LogP contribution in [0.4, 0.5) is 0 Å². The first kappa shape index (κ1) is 16.7. The van der Waals surface area contributed by atoms with Gasteiger partial charge in [-0.2, -0.15) is 0 Å². The molecule has 0 aromatic carbocycles. The van der Waals surface area contributed by atoms with Crippen molar-refractivity contribution in [1.82, 2.24) is 15.1 Å². The van der Waals surface area contributed by atoms with Crippen molar-refractivity contribution in [3.8, 4) is 0 Å². The molecule has 2 aliphatic rings. The van der Waals surface area contributed by atoms with E-state index in [0.29, 0.717) is 12.0 Å². The lowest BCUT2D eigenvalue weighted by Gasteiger charge is -2.42. The molecule has 0 radical (unpaired) electrons. The smallest absolute Gasteiger partial charge is 0.327 e. The Kier molecular flexibility index (Phi) is 5.63. The highest BCUT2D eigenvalue weighted by Crippen LogP contribution is 2.41. The van der Waals surface area contributed by atoms with Crippen LogP contribution in [0.2, 0.25) is 0 Å². The third-order valence-electron chi connectivity index (χ3n) is 5.36. The molecule has 1 saturated heterocycles. The van der Waals surface area contributed by atoms with Crippen LogP contribution in [-0.2, 0) is 9.53 Å². The van der Waals surface area contributed by atoms with Crippen molar-refractivity contribution in [2.75, 3.05) is 46.9 Å². The van der Waals surface area contributed by atoms with Crippen molar-refractivity contribution in [3.05, 3.63) is 0 Å². The fraction of sp³-hybridized carbons (Fsp3) is 0.938. The number of nitrogens with one attached hydrogen (secondary N) is 1. The molecule has 5 heteroatoms. The van der Waals surface area contributed by atoms with Crippen LogP contribution in [0, 0.1) is 5.92 Å². The number of methoxy groups -OCH3 is 1. The van der Waals surface area contributed by atoms with Gasteiger partial charge in [0.05, 0.1) is 7.11 Å². The molecule has 1 N–H and O–H groups in total. The second-order valence-electron chi connectivity index (χ2n) is 6.56. The maximum absolute atomic E-state index is 12.3. The number of hydrogen-bond donors (Lipinski definition) is 1. The van der Waals surface area contributed by atoms with Gasteiger partial charge in [0.2, 0.25) is 0 Å². The number of carbonyl (C=O) groups excluding carboxylic acids is 1. The molecule has 5 nitrogen and oxygen atoms in total. The van der Waals surface area contributed by atoms with Crippen LogP contribution in [0.5, 0.6) is 0 Å². The summed E-state index contributed by atoms with van der Waals surface area (Å²) in [5.41, 5.74) is -0.507. The van der Waals surface area contributed by atoms with Crippen molar-refractivity contribution in [1.29, 1.82) is 0 Å². The number of nitrogens with zero attached hydrogens (tertiary/aromatic N) is 2. The normalized spacial score (nSPS) is 25.3. The number of likely N-dealkylation sites (N-methyl/N-ethyl adjacent to an activating group) is 1. The molecule has 0 aromatic heterocycles. The van der Waals surface area contributed by atoms with Gasteiger partial charge in [0.1, 0.15) is 5.54 Å². The third-order valence-corrected chi connectivity index (χ3v) is 5.36. The molecular weight excluding hydrogens is 266 g/mol. The van der Waals surface area contributed by atoms with Crippen LogP contribution in [0.1, 0.15) is 33.1 Å². The van der Waals surface area contributed by atoms with E-state index in [4.69, 9.17) is 4.74 Å². The van der Waals surface area contributed by atoms with Gasteiger partial charge in [0.25, 0.3) is 0 Å². The van der Waals surface area contributed by atoms with Crippen LogP contribution in [0.25, 0.3) is 0 Å². The molecular formula is C16H31N3O2. The van der Waals surface area contributed by atoms with Gasteiger partial charge in [-0.1, -0.05) is 6.92 Å². The van der Waals surface area contributed by atoms with Crippen molar-refractivity contribution >= 4 is 5.97 Å². The van der Waals surface area contributed by atoms with Crippen LogP contribution in [0.15, 0.2) is 0 Å². The van der Waals surface area contributed by atoms with E-state index in [9.17, 15) is 4.79 Å². The Morgan fingerprint density at radius 2 is 1.95 bits per heavy atom. The van der Waals surface area contributed by atoms with Gasteiger partial charge < -0.3 is 10.1 Å². The molecule has 1 saturated carbocycles. The quantitative estimate of drug-likeness (QED) is 0.709. The average molecular weight is 297 g/mol. The predicted octanol–water partition coefficient (Wildman–Crippen LogP) is 0.944. The third kappa shape index (κ3) is 3.58. The summed E-state index contributed by atoms with van der Waals surface area (Å²) in [5.74, 6) is 0.333.